The Morgan fingerprint density at radius 3 is 2.47 bits per heavy atom. The van der Waals surface area contributed by atoms with Gasteiger partial charge in [-0.25, -0.2) is 0 Å². The van der Waals surface area contributed by atoms with Crippen molar-refractivity contribution in [2.24, 2.45) is 5.92 Å². The second-order valence-electron chi connectivity index (χ2n) is 4.52. The van der Waals surface area contributed by atoms with Crippen LogP contribution in [0.3, 0.4) is 0 Å². The second kappa shape index (κ2) is 7.30. The summed E-state index contributed by atoms with van der Waals surface area (Å²) in [6, 6.07) is 7.75. The van der Waals surface area contributed by atoms with E-state index < -0.39 is 0 Å². The zero-order valence-electron chi connectivity index (χ0n) is 10.9. The summed E-state index contributed by atoms with van der Waals surface area (Å²) in [5.74, 6) is 0.822. The van der Waals surface area contributed by atoms with Gasteiger partial charge in [0.15, 0.2) is 0 Å². The minimum absolute atomic E-state index is 0.316. The minimum Gasteiger partial charge on any atom is -0.508 e. The molecule has 17 heavy (non-hydrogen) atoms. The topological polar surface area (TPSA) is 41.5 Å². The van der Waals surface area contributed by atoms with Crippen LogP contribution in [0.25, 0.3) is 0 Å². The molecule has 1 aromatic carbocycles. The lowest BCUT2D eigenvalue weighted by Gasteiger charge is -2.20. The molecule has 0 radical (unpaired) electrons. The summed E-state index contributed by atoms with van der Waals surface area (Å²) < 4.78 is 5.12. The van der Waals surface area contributed by atoms with Crippen LogP contribution in [0.1, 0.15) is 31.9 Å². The Kier molecular flexibility index (Phi) is 6.01. The third-order valence-electron chi connectivity index (χ3n) is 2.87. The van der Waals surface area contributed by atoms with Crippen molar-refractivity contribution in [3.63, 3.8) is 0 Å². The van der Waals surface area contributed by atoms with E-state index >= 15 is 0 Å². The third-order valence-corrected chi connectivity index (χ3v) is 2.87. The van der Waals surface area contributed by atoms with Crippen LogP contribution in [0.15, 0.2) is 24.3 Å². The molecule has 0 saturated heterocycles. The van der Waals surface area contributed by atoms with Gasteiger partial charge in [0, 0.05) is 26.3 Å². The molecule has 1 rings (SSSR count). The number of ether oxygens (including phenoxy) is 1. The first-order valence-corrected chi connectivity index (χ1v) is 6.18. The number of hydrogen-bond acceptors (Lipinski definition) is 3. The molecule has 0 aliphatic carbocycles. The first kappa shape index (κ1) is 14.0. The highest BCUT2D eigenvalue weighted by molar-refractivity contribution is 5.27. The fourth-order valence-corrected chi connectivity index (χ4v) is 1.89. The van der Waals surface area contributed by atoms with Gasteiger partial charge < -0.3 is 15.2 Å². The number of methoxy groups -OCH3 is 1. The molecular weight excluding hydrogens is 214 g/mol. The maximum absolute atomic E-state index is 9.26. The molecule has 2 N–H and O–H groups in total. The van der Waals surface area contributed by atoms with Gasteiger partial charge in [-0.3, -0.25) is 0 Å². The summed E-state index contributed by atoms with van der Waals surface area (Å²) in [7, 11) is 1.73. The van der Waals surface area contributed by atoms with Crippen LogP contribution < -0.4 is 5.32 Å². The van der Waals surface area contributed by atoms with Gasteiger partial charge in [-0.15, -0.1) is 0 Å². The fourth-order valence-electron chi connectivity index (χ4n) is 1.89. The Hall–Kier alpha value is -1.06. The van der Waals surface area contributed by atoms with Crippen LogP contribution in [0.2, 0.25) is 0 Å². The number of benzene rings is 1. The molecule has 0 amide bonds. The number of rotatable bonds is 7. The first-order chi connectivity index (χ1) is 8.17. The molecule has 2 atom stereocenters. The average Bonchev–Trinajstić information content (AvgIpc) is 2.32. The van der Waals surface area contributed by atoms with E-state index in [1.807, 2.05) is 12.1 Å². The SMILES string of the molecule is CCC(NCC(C)COC)c1ccc(O)cc1. The predicted molar refractivity (Wildman–Crippen MR) is 70.2 cm³/mol. The highest BCUT2D eigenvalue weighted by Gasteiger charge is 2.10. The normalized spacial score (nSPS) is 14.5. The standard InChI is InChI=1S/C14H23NO2/c1-4-14(15-9-11(2)10-17-3)12-5-7-13(16)8-6-12/h5-8,11,14-16H,4,9-10H2,1-3H3. The van der Waals surface area contributed by atoms with Crippen molar-refractivity contribution in [2.75, 3.05) is 20.3 Å². The third kappa shape index (κ3) is 4.75. The van der Waals surface area contributed by atoms with E-state index in [4.69, 9.17) is 4.74 Å². The van der Waals surface area contributed by atoms with E-state index in [2.05, 4.69) is 19.2 Å². The van der Waals surface area contributed by atoms with Gasteiger partial charge in [-0.05, 0) is 30.0 Å². The van der Waals surface area contributed by atoms with Crippen LogP contribution >= 0.6 is 0 Å². The highest BCUT2D eigenvalue weighted by Crippen LogP contribution is 2.19. The van der Waals surface area contributed by atoms with Gasteiger partial charge in [0.1, 0.15) is 5.75 Å². The first-order valence-electron chi connectivity index (χ1n) is 6.18. The number of phenols is 1. The molecule has 3 nitrogen and oxygen atoms in total. The van der Waals surface area contributed by atoms with Gasteiger partial charge in [0.2, 0.25) is 0 Å². The molecule has 0 aromatic heterocycles. The zero-order valence-corrected chi connectivity index (χ0v) is 10.9. The smallest absolute Gasteiger partial charge is 0.115 e. The Morgan fingerprint density at radius 1 is 1.29 bits per heavy atom. The molecule has 0 spiro atoms. The fraction of sp³-hybridized carbons (Fsp3) is 0.571. The molecule has 0 aliphatic rings. The molecule has 2 unspecified atom stereocenters. The number of nitrogens with one attached hydrogen (secondary N) is 1. The quantitative estimate of drug-likeness (QED) is 0.766. The van der Waals surface area contributed by atoms with E-state index in [-0.39, 0.29) is 0 Å². The lowest BCUT2D eigenvalue weighted by Crippen LogP contribution is -2.27. The Morgan fingerprint density at radius 2 is 1.94 bits per heavy atom. The van der Waals surface area contributed by atoms with Gasteiger partial charge in [0.05, 0.1) is 0 Å². The lowest BCUT2D eigenvalue weighted by molar-refractivity contribution is 0.156. The molecule has 3 heteroatoms. The molecular formula is C14H23NO2. The van der Waals surface area contributed by atoms with Crippen molar-refractivity contribution in [3.8, 4) is 5.75 Å². The van der Waals surface area contributed by atoms with E-state index in [0.29, 0.717) is 17.7 Å². The van der Waals surface area contributed by atoms with Crippen molar-refractivity contribution in [1.29, 1.82) is 0 Å². The molecule has 0 heterocycles. The van der Waals surface area contributed by atoms with Crippen molar-refractivity contribution in [1.82, 2.24) is 5.32 Å². The summed E-state index contributed by atoms with van der Waals surface area (Å²) >= 11 is 0. The van der Waals surface area contributed by atoms with Crippen molar-refractivity contribution in [2.45, 2.75) is 26.3 Å². The van der Waals surface area contributed by atoms with Crippen molar-refractivity contribution < 1.29 is 9.84 Å². The number of phenolic OH excluding ortho intramolecular Hbond substituents is 1. The van der Waals surface area contributed by atoms with Gasteiger partial charge in [-0.2, -0.15) is 0 Å². The van der Waals surface area contributed by atoms with Gasteiger partial charge >= 0.3 is 0 Å². The Labute approximate surface area is 104 Å². The summed E-state index contributed by atoms with van der Waals surface area (Å²) in [6.45, 7) is 6.04. The van der Waals surface area contributed by atoms with Crippen LogP contribution in [0.5, 0.6) is 5.75 Å². The highest BCUT2D eigenvalue weighted by atomic mass is 16.5. The number of aromatic hydroxyl groups is 1. The zero-order chi connectivity index (χ0) is 12.7. The predicted octanol–water partition coefficient (Wildman–Crippen LogP) is 2.72. The monoisotopic (exact) mass is 237 g/mol. The van der Waals surface area contributed by atoms with E-state index in [0.717, 1.165) is 19.6 Å². The van der Waals surface area contributed by atoms with Gasteiger partial charge in [0.25, 0.3) is 0 Å². The van der Waals surface area contributed by atoms with E-state index in [1.54, 1.807) is 19.2 Å². The van der Waals surface area contributed by atoms with Crippen LogP contribution in [0, 0.1) is 5.92 Å². The van der Waals surface area contributed by atoms with Crippen LogP contribution in [-0.4, -0.2) is 25.4 Å². The maximum atomic E-state index is 9.26. The van der Waals surface area contributed by atoms with E-state index in [9.17, 15) is 5.11 Å². The minimum atomic E-state index is 0.316. The molecule has 0 bridgehead atoms. The molecule has 96 valence electrons. The molecule has 0 saturated carbocycles. The van der Waals surface area contributed by atoms with Crippen molar-refractivity contribution in [3.05, 3.63) is 29.8 Å². The largest absolute Gasteiger partial charge is 0.508 e. The molecule has 0 aliphatic heterocycles. The Balaban J connectivity index is 2.51. The molecule has 0 fully saturated rings. The Bertz CT molecular complexity index is 311. The maximum Gasteiger partial charge on any atom is 0.115 e. The summed E-state index contributed by atoms with van der Waals surface area (Å²) in [4.78, 5) is 0. The second-order valence-corrected chi connectivity index (χ2v) is 4.52. The summed E-state index contributed by atoms with van der Waals surface area (Å²) in [6.07, 6.45) is 1.03. The summed E-state index contributed by atoms with van der Waals surface area (Å²) in [5, 5.41) is 12.8. The number of hydrogen-bond donors (Lipinski definition) is 2. The van der Waals surface area contributed by atoms with Gasteiger partial charge in [-0.1, -0.05) is 26.0 Å². The van der Waals surface area contributed by atoms with Crippen LogP contribution in [-0.2, 0) is 4.74 Å². The molecule has 1 aromatic rings. The van der Waals surface area contributed by atoms with Crippen LogP contribution in [0.4, 0.5) is 0 Å². The lowest BCUT2D eigenvalue weighted by atomic mass is 10.0. The average molecular weight is 237 g/mol. The summed E-state index contributed by atoms with van der Waals surface area (Å²) in [5.41, 5.74) is 1.22. The van der Waals surface area contributed by atoms with E-state index in [1.165, 1.54) is 5.56 Å². The van der Waals surface area contributed by atoms with Crippen molar-refractivity contribution >= 4 is 0 Å².